The highest BCUT2D eigenvalue weighted by molar-refractivity contribution is 5.70. The molecule has 0 saturated heterocycles. The van der Waals surface area contributed by atoms with Gasteiger partial charge in [-0.3, -0.25) is 9.59 Å². The van der Waals surface area contributed by atoms with E-state index >= 15 is 0 Å². The van der Waals surface area contributed by atoms with Crippen LogP contribution < -0.4 is 0 Å². The Balaban J connectivity index is 4.75. The second kappa shape index (κ2) is 40.5. The van der Waals surface area contributed by atoms with Gasteiger partial charge in [0.05, 0.1) is 6.42 Å². The van der Waals surface area contributed by atoms with Crippen LogP contribution in [0, 0.1) is 0 Å². The molecule has 0 saturated carbocycles. The van der Waals surface area contributed by atoms with Crippen molar-refractivity contribution in [2.45, 2.75) is 246 Å². The van der Waals surface area contributed by atoms with Crippen molar-refractivity contribution < 1.29 is 28.5 Å². The van der Waals surface area contributed by atoms with Gasteiger partial charge in [-0.15, -0.1) is 0 Å². The van der Waals surface area contributed by atoms with E-state index in [1.54, 1.807) is 0 Å². The summed E-state index contributed by atoms with van der Waals surface area (Å²) < 4.78 is 24.4. The second-order valence-electron chi connectivity index (χ2n) is 14.9. The minimum absolute atomic E-state index is 0.167. The van der Waals surface area contributed by atoms with Crippen molar-refractivity contribution in [3.05, 3.63) is 24.3 Å². The van der Waals surface area contributed by atoms with Crippen LogP contribution in [0.25, 0.3) is 0 Å². The van der Waals surface area contributed by atoms with Gasteiger partial charge in [0, 0.05) is 26.1 Å². The quantitative estimate of drug-likeness (QED) is 0.0270. The van der Waals surface area contributed by atoms with E-state index in [9.17, 15) is 9.59 Å². The van der Waals surface area contributed by atoms with Gasteiger partial charge < -0.3 is 18.9 Å². The third kappa shape index (κ3) is 34.1. The molecule has 0 aliphatic rings. The summed E-state index contributed by atoms with van der Waals surface area (Å²) in [5, 5.41) is 0. The molecule has 0 aromatic rings. The molecule has 306 valence electrons. The fourth-order valence-electron chi connectivity index (χ4n) is 6.32. The van der Waals surface area contributed by atoms with Gasteiger partial charge in [0.25, 0.3) is 0 Å². The second-order valence-corrected chi connectivity index (χ2v) is 14.9. The molecule has 2 atom stereocenters. The van der Waals surface area contributed by atoms with Crippen LogP contribution in [-0.2, 0) is 28.5 Å². The first-order valence-electron chi connectivity index (χ1n) is 22.4. The summed E-state index contributed by atoms with van der Waals surface area (Å²) in [6.07, 6.45) is 39.0. The summed E-state index contributed by atoms with van der Waals surface area (Å²) in [7, 11) is 0. The van der Waals surface area contributed by atoms with Crippen molar-refractivity contribution >= 4 is 11.9 Å². The number of rotatable bonds is 40. The molecule has 6 nitrogen and oxygen atoms in total. The predicted octanol–water partition coefficient (Wildman–Crippen LogP) is 14.1. The van der Waals surface area contributed by atoms with Gasteiger partial charge >= 0.3 is 11.9 Å². The maximum atomic E-state index is 13.2. The van der Waals surface area contributed by atoms with Crippen LogP contribution in [-0.4, -0.2) is 43.7 Å². The third-order valence-corrected chi connectivity index (χ3v) is 9.66. The highest BCUT2D eigenvalue weighted by Crippen LogP contribution is 2.21. The number of hydrogen-bond acceptors (Lipinski definition) is 6. The van der Waals surface area contributed by atoms with E-state index in [1.165, 1.54) is 83.5 Å². The topological polar surface area (TPSA) is 71.1 Å². The van der Waals surface area contributed by atoms with Crippen LogP contribution in [0.5, 0.6) is 0 Å². The molecule has 0 amide bonds. The normalized spacial score (nSPS) is 13.0. The van der Waals surface area contributed by atoms with Crippen LogP contribution in [0.3, 0.4) is 0 Å². The summed E-state index contributed by atoms with van der Waals surface area (Å²) in [6, 6.07) is 0. The molecule has 0 aromatic carbocycles. The van der Waals surface area contributed by atoms with Gasteiger partial charge in [-0.05, 0) is 64.2 Å². The molecule has 2 unspecified atom stereocenters. The maximum absolute atomic E-state index is 13.2. The first kappa shape index (κ1) is 50.3. The summed E-state index contributed by atoms with van der Waals surface area (Å²) in [5.41, 5.74) is 0. The van der Waals surface area contributed by atoms with Gasteiger partial charge in [-0.1, -0.05) is 168 Å². The average molecular weight is 735 g/mol. The zero-order valence-electron chi connectivity index (χ0n) is 35.1. The first-order chi connectivity index (χ1) is 25.5. The van der Waals surface area contributed by atoms with Crippen molar-refractivity contribution in [1.82, 2.24) is 0 Å². The van der Waals surface area contributed by atoms with Crippen LogP contribution in [0.4, 0.5) is 0 Å². The average Bonchev–Trinajstić information content (AvgIpc) is 3.14. The van der Waals surface area contributed by atoms with Gasteiger partial charge in [0.1, 0.15) is 12.2 Å². The van der Waals surface area contributed by atoms with Crippen molar-refractivity contribution in [3.8, 4) is 0 Å². The number of hydrogen-bond donors (Lipinski definition) is 0. The monoisotopic (exact) mass is 735 g/mol. The molecular formula is C46H86O6. The molecule has 6 heteroatoms. The standard InChI is InChI=1S/C46H86O6/c1-6-11-15-18-21-22-23-24-25-26-27-28-29-32-37-44(47)52-43(36-14-9-4)42(35-10-5)51-45(48)38-39-46(49-40-33-30-19-16-12-7-2)50-41-34-31-20-17-13-8-3/h18,21,23-24,42-43,46H,6-17,19-20,22,25-41H2,1-5H3/b21-18-,24-23-. The van der Waals surface area contributed by atoms with E-state index in [2.05, 4.69) is 58.9 Å². The van der Waals surface area contributed by atoms with E-state index in [4.69, 9.17) is 18.9 Å². The SMILES string of the molecule is CCCC/C=C\C/C=C\CCCCCCCC(=O)OC(CCCC)C(CCC)OC(=O)CCC(OCCCCCCCC)OCCCCCCCC. The maximum Gasteiger partial charge on any atom is 0.306 e. The minimum atomic E-state index is -0.417. The third-order valence-electron chi connectivity index (χ3n) is 9.66. The Hall–Kier alpha value is -1.66. The molecule has 0 rings (SSSR count). The Morgan fingerprint density at radius 3 is 1.44 bits per heavy atom. The molecule has 0 fully saturated rings. The lowest BCUT2D eigenvalue weighted by molar-refractivity contribution is -0.174. The number of esters is 2. The highest BCUT2D eigenvalue weighted by Gasteiger charge is 2.28. The van der Waals surface area contributed by atoms with E-state index in [0.29, 0.717) is 38.9 Å². The highest BCUT2D eigenvalue weighted by atomic mass is 16.7. The number of ether oxygens (including phenoxy) is 4. The summed E-state index contributed by atoms with van der Waals surface area (Å²) >= 11 is 0. The Morgan fingerprint density at radius 2 is 0.885 bits per heavy atom. The molecule has 0 radical (unpaired) electrons. The van der Waals surface area contributed by atoms with Crippen molar-refractivity contribution in [1.29, 1.82) is 0 Å². The summed E-state index contributed by atoms with van der Waals surface area (Å²) in [6.45, 7) is 12.2. The zero-order valence-corrected chi connectivity index (χ0v) is 35.1. The zero-order chi connectivity index (χ0) is 38.2. The summed E-state index contributed by atoms with van der Waals surface area (Å²) in [5.74, 6) is -0.426. The number of carbonyl (C=O) groups is 2. The molecule has 0 N–H and O–H groups in total. The largest absolute Gasteiger partial charge is 0.458 e. The van der Waals surface area contributed by atoms with Crippen molar-refractivity contribution in [2.75, 3.05) is 13.2 Å². The van der Waals surface area contributed by atoms with E-state index < -0.39 is 18.5 Å². The fraction of sp³-hybridized carbons (Fsp3) is 0.870. The van der Waals surface area contributed by atoms with Gasteiger partial charge in [-0.2, -0.15) is 0 Å². The van der Waals surface area contributed by atoms with Crippen molar-refractivity contribution in [2.24, 2.45) is 0 Å². The molecule has 52 heavy (non-hydrogen) atoms. The molecule has 0 heterocycles. The summed E-state index contributed by atoms with van der Waals surface area (Å²) in [4.78, 5) is 26.1. The minimum Gasteiger partial charge on any atom is -0.458 e. The molecular weight excluding hydrogens is 649 g/mol. The Morgan fingerprint density at radius 1 is 0.423 bits per heavy atom. The fourth-order valence-corrected chi connectivity index (χ4v) is 6.32. The smallest absolute Gasteiger partial charge is 0.306 e. The Labute approximate surface area is 323 Å². The molecule has 0 aliphatic heterocycles. The molecule has 0 spiro atoms. The van der Waals surface area contributed by atoms with Crippen LogP contribution in [0.1, 0.15) is 227 Å². The van der Waals surface area contributed by atoms with Gasteiger partial charge in [-0.25, -0.2) is 0 Å². The first-order valence-corrected chi connectivity index (χ1v) is 22.4. The molecule has 0 aliphatic carbocycles. The Bertz CT molecular complexity index is 806. The van der Waals surface area contributed by atoms with Crippen LogP contribution >= 0.6 is 0 Å². The Kier molecular flexibility index (Phi) is 39.2. The lowest BCUT2D eigenvalue weighted by Crippen LogP contribution is -2.35. The van der Waals surface area contributed by atoms with Gasteiger partial charge in [0.15, 0.2) is 6.29 Å². The lowest BCUT2D eigenvalue weighted by Gasteiger charge is -2.27. The van der Waals surface area contributed by atoms with E-state index in [0.717, 1.165) is 77.0 Å². The van der Waals surface area contributed by atoms with E-state index in [-0.39, 0.29) is 18.4 Å². The predicted molar refractivity (Wildman–Crippen MR) is 221 cm³/mol. The number of allylic oxidation sites excluding steroid dienone is 4. The molecule has 0 aromatic heterocycles. The van der Waals surface area contributed by atoms with Crippen LogP contribution in [0.15, 0.2) is 24.3 Å². The van der Waals surface area contributed by atoms with Crippen molar-refractivity contribution in [3.63, 3.8) is 0 Å². The van der Waals surface area contributed by atoms with E-state index in [1.807, 2.05) is 0 Å². The van der Waals surface area contributed by atoms with Crippen LogP contribution in [0.2, 0.25) is 0 Å². The lowest BCUT2D eigenvalue weighted by atomic mass is 10.0. The number of carbonyl (C=O) groups excluding carboxylic acids is 2. The number of unbranched alkanes of at least 4 members (excludes halogenated alkanes) is 18. The molecule has 0 bridgehead atoms. The van der Waals surface area contributed by atoms with Gasteiger partial charge in [0.2, 0.25) is 0 Å².